The van der Waals surface area contributed by atoms with Crippen LogP contribution in [0.4, 0.5) is 0 Å². The number of guanidine groups is 1. The van der Waals surface area contributed by atoms with E-state index in [0.717, 1.165) is 24.7 Å². The maximum atomic E-state index is 4.46. The number of benzene rings is 1. The molecule has 1 aromatic heterocycles. The second kappa shape index (κ2) is 8.67. The second-order valence-electron chi connectivity index (χ2n) is 6.56. The summed E-state index contributed by atoms with van der Waals surface area (Å²) in [5.74, 6) is 0.794. The van der Waals surface area contributed by atoms with Gasteiger partial charge < -0.3 is 15.5 Å². The van der Waals surface area contributed by atoms with Gasteiger partial charge in [-0.1, -0.05) is 24.3 Å². The van der Waals surface area contributed by atoms with E-state index in [1.165, 1.54) is 22.4 Å². The van der Waals surface area contributed by atoms with Crippen LogP contribution in [0.1, 0.15) is 28.1 Å². The molecule has 0 amide bonds. The Kier molecular flexibility index (Phi) is 6.58. The quantitative estimate of drug-likeness (QED) is 0.622. The lowest BCUT2D eigenvalue weighted by molar-refractivity contribution is 0.400. The minimum Gasteiger partial charge on any atom is -0.352 e. The van der Waals surface area contributed by atoms with E-state index in [9.17, 15) is 0 Å². The molecule has 0 aliphatic rings. The summed E-state index contributed by atoms with van der Waals surface area (Å²) in [6, 6.07) is 8.50. The van der Waals surface area contributed by atoms with Gasteiger partial charge in [0.2, 0.25) is 0 Å². The molecule has 0 fully saturated rings. The molecule has 1 aromatic carbocycles. The number of aryl methyl sites for hydroxylation is 2. The molecule has 25 heavy (non-hydrogen) atoms. The Morgan fingerprint density at radius 1 is 1.12 bits per heavy atom. The molecule has 1 heterocycles. The molecule has 0 bridgehead atoms. The molecule has 2 rings (SSSR count). The predicted molar refractivity (Wildman–Crippen MR) is 104 cm³/mol. The maximum Gasteiger partial charge on any atom is 0.191 e. The number of nitrogens with one attached hydrogen (secondary N) is 2. The Morgan fingerprint density at radius 3 is 2.32 bits per heavy atom. The fourth-order valence-electron chi connectivity index (χ4n) is 2.87. The molecular weight excluding hydrogens is 312 g/mol. The topological polar surface area (TPSA) is 57.5 Å². The number of aliphatic imine (C=N–C) groups is 1. The zero-order chi connectivity index (χ0) is 18.4. The highest BCUT2D eigenvalue weighted by Crippen LogP contribution is 2.12. The smallest absolute Gasteiger partial charge is 0.191 e. The summed E-state index contributed by atoms with van der Waals surface area (Å²) in [6.45, 7) is 6.51. The lowest BCUT2D eigenvalue weighted by Gasteiger charge is -2.16. The van der Waals surface area contributed by atoms with Gasteiger partial charge in [-0.15, -0.1) is 0 Å². The van der Waals surface area contributed by atoms with Crippen LogP contribution >= 0.6 is 0 Å². The van der Waals surface area contributed by atoms with E-state index < -0.39 is 0 Å². The monoisotopic (exact) mass is 342 g/mol. The lowest BCUT2D eigenvalue weighted by atomic mass is 10.1. The van der Waals surface area contributed by atoms with E-state index in [-0.39, 0.29) is 0 Å². The number of hydrogen-bond acceptors (Lipinski definition) is 3. The highest BCUT2D eigenvalue weighted by molar-refractivity contribution is 5.79. The average Bonchev–Trinajstić information content (AvgIpc) is 2.81. The van der Waals surface area contributed by atoms with Crippen LogP contribution in [-0.2, 0) is 26.7 Å². The zero-order valence-electron chi connectivity index (χ0n) is 16.2. The van der Waals surface area contributed by atoms with Gasteiger partial charge in [0.15, 0.2) is 5.96 Å². The lowest BCUT2D eigenvalue weighted by Crippen LogP contribution is -2.36. The molecule has 6 nitrogen and oxygen atoms in total. The van der Waals surface area contributed by atoms with Gasteiger partial charge >= 0.3 is 0 Å². The van der Waals surface area contributed by atoms with Crippen molar-refractivity contribution in [1.82, 2.24) is 25.3 Å². The summed E-state index contributed by atoms with van der Waals surface area (Å²) in [4.78, 5) is 6.51. The molecule has 0 spiro atoms. The van der Waals surface area contributed by atoms with E-state index in [1.807, 2.05) is 18.7 Å². The highest BCUT2D eigenvalue weighted by Gasteiger charge is 2.10. The van der Waals surface area contributed by atoms with Crippen LogP contribution in [0.25, 0.3) is 0 Å². The van der Waals surface area contributed by atoms with Crippen molar-refractivity contribution < 1.29 is 0 Å². The van der Waals surface area contributed by atoms with Crippen LogP contribution in [-0.4, -0.2) is 41.8 Å². The first kappa shape index (κ1) is 19.0. The highest BCUT2D eigenvalue weighted by atomic mass is 15.3. The number of rotatable bonds is 6. The third-order valence-corrected chi connectivity index (χ3v) is 4.37. The number of nitrogens with zero attached hydrogens (tertiary/aromatic N) is 4. The van der Waals surface area contributed by atoms with Gasteiger partial charge in [-0.25, -0.2) is 0 Å². The van der Waals surface area contributed by atoms with Gasteiger partial charge in [0.05, 0.1) is 5.69 Å². The Hall–Kier alpha value is -2.34. The maximum absolute atomic E-state index is 4.46. The second-order valence-corrected chi connectivity index (χ2v) is 6.56. The molecule has 0 aliphatic heterocycles. The summed E-state index contributed by atoms with van der Waals surface area (Å²) >= 11 is 0. The minimum atomic E-state index is 0.713. The first-order valence-electron chi connectivity index (χ1n) is 8.57. The van der Waals surface area contributed by atoms with Gasteiger partial charge in [-0.3, -0.25) is 9.67 Å². The average molecular weight is 342 g/mol. The molecule has 2 N–H and O–H groups in total. The summed E-state index contributed by atoms with van der Waals surface area (Å²) in [7, 11) is 7.94. The Bertz CT molecular complexity index is 730. The molecule has 0 saturated heterocycles. The van der Waals surface area contributed by atoms with Crippen molar-refractivity contribution in [3.63, 3.8) is 0 Å². The summed E-state index contributed by atoms with van der Waals surface area (Å²) < 4.78 is 1.92. The van der Waals surface area contributed by atoms with Crippen molar-refractivity contribution >= 4 is 5.96 Å². The molecule has 0 atom stereocenters. The summed E-state index contributed by atoms with van der Waals surface area (Å²) in [5, 5.41) is 11.3. The van der Waals surface area contributed by atoms with E-state index in [0.29, 0.717) is 6.54 Å². The Balaban J connectivity index is 1.97. The molecule has 0 unspecified atom stereocenters. The molecule has 136 valence electrons. The Labute approximate surface area is 151 Å². The first-order chi connectivity index (χ1) is 11.9. The molecule has 0 radical (unpaired) electrons. The van der Waals surface area contributed by atoms with Crippen molar-refractivity contribution in [3.05, 3.63) is 52.3 Å². The van der Waals surface area contributed by atoms with Gasteiger partial charge in [0.25, 0.3) is 0 Å². The summed E-state index contributed by atoms with van der Waals surface area (Å²) in [6.07, 6.45) is 0. The normalized spacial score (nSPS) is 11.9. The van der Waals surface area contributed by atoms with Crippen LogP contribution in [0.15, 0.2) is 29.3 Å². The van der Waals surface area contributed by atoms with Gasteiger partial charge in [0, 0.05) is 45.0 Å². The molecule has 2 aromatic rings. The van der Waals surface area contributed by atoms with Crippen LogP contribution in [0.5, 0.6) is 0 Å². The van der Waals surface area contributed by atoms with Gasteiger partial charge in [-0.2, -0.15) is 5.10 Å². The predicted octanol–water partition coefficient (Wildman–Crippen LogP) is 1.96. The third kappa shape index (κ3) is 5.06. The van der Waals surface area contributed by atoms with Crippen molar-refractivity contribution in [3.8, 4) is 0 Å². The van der Waals surface area contributed by atoms with Crippen molar-refractivity contribution in [2.75, 3.05) is 21.1 Å². The fourth-order valence-corrected chi connectivity index (χ4v) is 2.87. The largest absolute Gasteiger partial charge is 0.352 e. The Morgan fingerprint density at radius 2 is 1.76 bits per heavy atom. The van der Waals surface area contributed by atoms with E-state index in [2.05, 4.69) is 70.9 Å². The van der Waals surface area contributed by atoms with Crippen molar-refractivity contribution in [2.24, 2.45) is 12.0 Å². The molecule has 0 saturated carbocycles. The zero-order valence-corrected chi connectivity index (χ0v) is 16.2. The van der Waals surface area contributed by atoms with Crippen LogP contribution in [0.3, 0.4) is 0 Å². The van der Waals surface area contributed by atoms with Crippen LogP contribution in [0.2, 0.25) is 0 Å². The standard InChI is InChI=1S/C19H30N6/c1-14-18(15(2)25(6)23-14)12-22-19(20-3)21-11-16-9-7-8-10-17(16)13-24(4)5/h7-10H,11-13H2,1-6H3,(H2,20,21,22). The molecular formula is C19H30N6. The SMILES string of the molecule is CN=C(NCc1ccccc1CN(C)C)NCc1c(C)nn(C)c1C. The number of aromatic nitrogens is 2. The minimum absolute atomic E-state index is 0.713. The van der Waals surface area contributed by atoms with Crippen molar-refractivity contribution in [2.45, 2.75) is 33.5 Å². The first-order valence-corrected chi connectivity index (χ1v) is 8.57. The number of hydrogen-bond donors (Lipinski definition) is 2. The molecule has 0 aliphatic carbocycles. The van der Waals surface area contributed by atoms with Gasteiger partial charge in [-0.05, 0) is 39.1 Å². The van der Waals surface area contributed by atoms with Gasteiger partial charge in [0.1, 0.15) is 0 Å². The van der Waals surface area contributed by atoms with E-state index >= 15 is 0 Å². The van der Waals surface area contributed by atoms with Crippen LogP contribution in [0, 0.1) is 13.8 Å². The fraction of sp³-hybridized carbons (Fsp3) is 0.474. The molecule has 6 heteroatoms. The third-order valence-electron chi connectivity index (χ3n) is 4.37. The van der Waals surface area contributed by atoms with E-state index in [4.69, 9.17) is 0 Å². The van der Waals surface area contributed by atoms with Crippen LogP contribution < -0.4 is 10.6 Å². The van der Waals surface area contributed by atoms with E-state index in [1.54, 1.807) is 7.05 Å². The summed E-state index contributed by atoms with van der Waals surface area (Å²) in [5.41, 5.74) is 6.07. The van der Waals surface area contributed by atoms with Crippen molar-refractivity contribution in [1.29, 1.82) is 0 Å².